The highest BCUT2D eigenvalue weighted by Crippen LogP contribution is 2.28. The maximum absolute atomic E-state index is 8.77. The minimum Gasteiger partial charge on any atom is -0.396 e. The predicted molar refractivity (Wildman–Crippen MR) is 79.2 cm³/mol. The van der Waals surface area contributed by atoms with Gasteiger partial charge in [-0.05, 0) is 17.5 Å². The van der Waals surface area contributed by atoms with Crippen LogP contribution in [0.3, 0.4) is 0 Å². The predicted octanol–water partition coefficient (Wildman–Crippen LogP) is 2.99. The van der Waals surface area contributed by atoms with Gasteiger partial charge in [-0.3, -0.25) is 0 Å². The Balaban J connectivity index is 2.09. The molecule has 0 fully saturated rings. The third-order valence-corrected chi connectivity index (χ3v) is 4.17. The highest BCUT2D eigenvalue weighted by atomic mass is 32.1. The van der Waals surface area contributed by atoms with E-state index in [1.165, 1.54) is 11.1 Å². The number of nitrogens with zero attached hydrogens (tertiary/aromatic N) is 2. The Morgan fingerprint density at radius 3 is 2.89 bits per heavy atom. The normalized spacial score (nSPS) is 11.0. The molecule has 5 heteroatoms. The number of nitriles is 1. The molecule has 0 bridgehead atoms. The van der Waals surface area contributed by atoms with E-state index in [1.807, 2.05) is 6.07 Å². The summed E-state index contributed by atoms with van der Waals surface area (Å²) in [6, 6.07) is 7.83. The van der Waals surface area contributed by atoms with Crippen LogP contribution in [0.5, 0.6) is 0 Å². The number of hydrogen-bond donors (Lipinski definition) is 2. The molecule has 0 radical (unpaired) electrons. The minimum absolute atomic E-state index is 0.0101. The second kappa shape index (κ2) is 5.29. The van der Waals surface area contributed by atoms with Gasteiger partial charge in [0, 0.05) is 23.0 Å². The quantitative estimate of drug-likeness (QED) is 0.897. The summed E-state index contributed by atoms with van der Waals surface area (Å²) in [7, 11) is 0. The summed E-state index contributed by atoms with van der Waals surface area (Å²) in [4.78, 5) is 5.49. The number of nitrogens with two attached hydrogens (primary N) is 1. The van der Waals surface area contributed by atoms with Crippen molar-refractivity contribution in [3.05, 3.63) is 40.2 Å². The maximum Gasteiger partial charge on any atom is 0.149 e. The van der Waals surface area contributed by atoms with Crippen molar-refractivity contribution in [1.82, 2.24) is 4.98 Å². The standard InChI is InChI=1S/C14H16N4S/c1-14(2,12-4-3-5-19-12)9-18-13-11(16)6-10(7-15)8-17-13/h3-6,8H,9,16H2,1-2H3,(H,17,18). The molecule has 0 saturated carbocycles. The summed E-state index contributed by atoms with van der Waals surface area (Å²) in [5.74, 6) is 0.628. The van der Waals surface area contributed by atoms with E-state index in [1.54, 1.807) is 17.4 Å². The number of pyridine rings is 1. The fourth-order valence-electron chi connectivity index (χ4n) is 1.75. The highest BCUT2D eigenvalue weighted by molar-refractivity contribution is 7.10. The third-order valence-electron chi connectivity index (χ3n) is 2.93. The first-order chi connectivity index (χ1) is 9.03. The highest BCUT2D eigenvalue weighted by Gasteiger charge is 2.21. The lowest BCUT2D eigenvalue weighted by atomic mass is 9.91. The molecule has 4 nitrogen and oxygen atoms in total. The molecule has 98 valence electrons. The van der Waals surface area contributed by atoms with E-state index < -0.39 is 0 Å². The lowest BCUT2D eigenvalue weighted by molar-refractivity contribution is 0.568. The van der Waals surface area contributed by atoms with Gasteiger partial charge < -0.3 is 11.1 Å². The lowest BCUT2D eigenvalue weighted by Crippen LogP contribution is -2.27. The SMILES string of the molecule is CC(C)(CNc1ncc(C#N)cc1N)c1cccs1. The van der Waals surface area contributed by atoms with Crippen molar-refractivity contribution >= 4 is 22.8 Å². The zero-order valence-electron chi connectivity index (χ0n) is 11.0. The molecule has 2 rings (SSSR count). The third kappa shape index (κ3) is 3.04. The molecule has 0 saturated heterocycles. The van der Waals surface area contributed by atoms with Gasteiger partial charge in [0.2, 0.25) is 0 Å². The van der Waals surface area contributed by atoms with Gasteiger partial charge in [0.25, 0.3) is 0 Å². The molecule has 2 aromatic rings. The average Bonchev–Trinajstić information content (AvgIpc) is 2.92. The number of nitrogen functional groups attached to an aromatic ring is 1. The number of hydrogen-bond acceptors (Lipinski definition) is 5. The Labute approximate surface area is 116 Å². The molecule has 0 atom stereocenters. The molecule has 2 heterocycles. The van der Waals surface area contributed by atoms with Gasteiger partial charge in [-0.1, -0.05) is 19.9 Å². The van der Waals surface area contributed by atoms with Crippen molar-refractivity contribution in [3.63, 3.8) is 0 Å². The molecule has 0 unspecified atom stereocenters. The summed E-state index contributed by atoms with van der Waals surface area (Å²) < 4.78 is 0. The van der Waals surface area contributed by atoms with Gasteiger partial charge >= 0.3 is 0 Å². The van der Waals surface area contributed by atoms with E-state index in [2.05, 4.69) is 41.7 Å². The monoisotopic (exact) mass is 272 g/mol. The number of nitrogens with one attached hydrogen (secondary N) is 1. The van der Waals surface area contributed by atoms with E-state index in [4.69, 9.17) is 11.0 Å². The van der Waals surface area contributed by atoms with E-state index in [9.17, 15) is 0 Å². The van der Waals surface area contributed by atoms with Gasteiger partial charge in [0.05, 0.1) is 11.3 Å². The summed E-state index contributed by atoms with van der Waals surface area (Å²) in [5, 5.41) is 14.1. The summed E-state index contributed by atoms with van der Waals surface area (Å²) in [5.41, 5.74) is 6.86. The Morgan fingerprint density at radius 1 is 1.53 bits per heavy atom. The van der Waals surface area contributed by atoms with Crippen LogP contribution in [0.1, 0.15) is 24.3 Å². The van der Waals surface area contributed by atoms with Crippen LogP contribution < -0.4 is 11.1 Å². The number of aromatic nitrogens is 1. The van der Waals surface area contributed by atoms with Crippen LogP contribution in [-0.4, -0.2) is 11.5 Å². The molecule has 0 aliphatic carbocycles. The summed E-state index contributed by atoms with van der Waals surface area (Å²) >= 11 is 1.74. The molecular formula is C14H16N4S. The number of anilines is 2. The maximum atomic E-state index is 8.77. The van der Waals surface area contributed by atoms with Crippen molar-refractivity contribution in [2.24, 2.45) is 0 Å². The molecule has 0 amide bonds. The van der Waals surface area contributed by atoms with Crippen molar-refractivity contribution in [3.8, 4) is 6.07 Å². The topological polar surface area (TPSA) is 74.7 Å². The molecular weight excluding hydrogens is 256 g/mol. The van der Waals surface area contributed by atoms with Crippen LogP contribution in [0.2, 0.25) is 0 Å². The Kier molecular flexibility index (Phi) is 3.72. The zero-order chi connectivity index (χ0) is 13.9. The largest absolute Gasteiger partial charge is 0.396 e. The molecule has 3 N–H and O–H groups in total. The van der Waals surface area contributed by atoms with Crippen LogP contribution in [-0.2, 0) is 5.41 Å². The lowest BCUT2D eigenvalue weighted by Gasteiger charge is -2.24. The van der Waals surface area contributed by atoms with Gasteiger partial charge in [-0.15, -0.1) is 11.3 Å². The number of rotatable bonds is 4. The van der Waals surface area contributed by atoms with Crippen LogP contribution in [0.25, 0.3) is 0 Å². The van der Waals surface area contributed by atoms with Crippen LogP contribution in [0, 0.1) is 11.3 Å². The zero-order valence-corrected chi connectivity index (χ0v) is 11.8. The Morgan fingerprint density at radius 2 is 2.32 bits per heavy atom. The Hall–Kier alpha value is -2.06. The first-order valence-corrected chi connectivity index (χ1v) is 6.84. The van der Waals surface area contributed by atoms with Gasteiger partial charge in [0.15, 0.2) is 0 Å². The molecule has 0 aliphatic heterocycles. The van der Waals surface area contributed by atoms with Gasteiger partial charge in [-0.25, -0.2) is 4.98 Å². The number of thiophene rings is 1. The average molecular weight is 272 g/mol. The second-order valence-corrected chi connectivity index (χ2v) is 5.94. The van der Waals surface area contributed by atoms with E-state index >= 15 is 0 Å². The second-order valence-electron chi connectivity index (χ2n) is 4.99. The van der Waals surface area contributed by atoms with E-state index in [0.29, 0.717) is 17.1 Å². The Bertz CT molecular complexity index is 596. The van der Waals surface area contributed by atoms with Crippen LogP contribution >= 0.6 is 11.3 Å². The minimum atomic E-state index is 0.0101. The summed E-state index contributed by atoms with van der Waals surface area (Å²) in [6.45, 7) is 5.08. The molecule has 0 aromatic carbocycles. The smallest absolute Gasteiger partial charge is 0.149 e. The van der Waals surface area contributed by atoms with Crippen molar-refractivity contribution in [1.29, 1.82) is 5.26 Å². The van der Waals surface area contributed by atoms with Crippen molar-refractivity contribution < 1.29 is 0 Å². The van der Waals surface area contributed by atoms with Crippen molar-refractivity contribution in [2.45, 2.75) is 19.3 Å². The van der Waals surface area contributed by atoms with Crippen LogP contribution in [0.4, 0.5) is 11.5 Å². The van der Waals surface area contributed by atoms with E-state index in [-0.39, 0.29) is 5.41 Å². The fraction of sp³-hybridized carbons (Fsp3) is 0.286. The van der Waals surface area contributed by atoms with E-state index in [0.717, 1.165) is 6.54 Å². The van der Waals surface area contributed by atoms with Gasteiger partial charge in [0.1, 0.15) is 11.9 Å². The fourth-order valence-corrected chi connectivity index (χ4v) is 2.60. The van der Waals surface area contributed by atoms with Crippen LogP contribution in [0.15, 0.2) is 29.8 Å². The molecule has 0 aliphatic rings. The molecule has 2 aromatic heterocycles. The first kappa shape index (κ1) is 13.4. The molecule has 19 heavy (non-hydrogen) atoms. The first-order valence-electron chi connectivity index (χ1n) is 5.96. The summed E-state index contributed by atoms with van der Waals surface area (Å²) in [6.07, 6.45) is 1.52. The van der Waals surface area contributed by atoms with Crippen molar-refractivity contribution in [2.75, 3.05) is 17.6 Å². The van der Waals surface area contributed by atoms with Gasteiger partial charge in [-0.2, -0.15) is 5.26 Å². The molecule has 0 spiro atoms.